The predicted molar refractivity (Wildman–Crippen MR) is 131 cm³/mol. The number of aromatic nitrogens is 4. The van der Waals surface area contributed by atoms with Gasteiger partial charge in [0.25, 0.3) is 0 Å². The quantitative estimate of drug-likeness (QED) is 0.215. The van der Waals surface area contributed by atoms with E-state index in [9.17, 15) is 19.4 Å². The molecule has 0 radical (unpaired) electrons. The Kier molecular flexibility index (Phi) is 6.48. The lowest BCUT2D eigenvalue weighted by atomic mass is 10.2. The number of oxazole rings is 1. The average molecular weight is 524 g/mol. The van der Waals surface area contributed by atoms with E-state index in [1.807, 2.05) is 36.5 Å². The second-order valence-electron chi connectivity index (χ2n) is 7.88. The number of allylic oxidation sites excluding steroid dienone is 1. The highest BCUT2D eigenvalue weighted by Gasteiger charge is 2.65. The molecule has 6 nitrogen and oxygen atoms in total. The van der Waals surface area contributed by atoms with E-state index in [1.54, 1.807) is 10.9 Å². The third kappa shape index (κ3) is 7.28. The van der Waals surface area contributed by atoms with Gasteiger partial charge in [0.15, 0.2) is 0 Å². The normalized spacial score (nSPS) is 14.2. The van der Waals surface area contributed by atoms with Gasteiger partial charge in [0.1, 0.15) is 11.2 Å². The summed E-state index contributed by atoms with van der Waals surface area (Å²) in [5.74, 6) is 0.231. The summed E-state index contributed by atoms with van der Waals surface area (Å²) in [6, 6.07) is 10.5. The highest BCUT2D eigenvalue weighted by atomic mass is 32.5. The third-order valence-corrected chi connectivity index (χ3v) is 6.17. The van der Waals surface area contributed by atoms with Crippen LogP contribution in [-0.2, 0) is 13.1 Å². The third-order valence-electron chi connectivity index (χ3n) is 5.00. The van der Waals surface area contributed by atoms with Crippen molar-refractivity contribution in [1.82, 2.24) is 20.0 Å². The fourth-order valence-corrected chi connectivity index (χ4v) is 3.82. The Bertz CT molecular complexity index is 1350. The molecule has 12 heteroatoms. The number of aryl methyl sites for hydroxylation is 1. The van der Waals surface area contributed by atoms with Gasteiger partial charge in [-0.2, -0.15) is 0 Å². The fraction of sp³-hybridized carbons (Fsp3) is 0.125. The average Bonchev–Trinajstić information content (AvgIpc) is 3.51. The summed E-state index contributed by atoms with van der Waals surface area (Å²) in [4.78, 5) is 2.35. The molecule has 0 atom stereocenters. The summed E-state index contributed by atoms with van der Waals surface area (Å²) < 4.78 is 71.1. The first-order valence-electron chi connectivity index (χ1n) is 10.8. The van der Waals surface area contributed by atoms with Crippen LogP contribution in [0.15, 0.2) is 82.6 Å². The number of nitrogens with one attached hydrogen (secondary N) is 1. The van der Waals surface area contributed by atoms with Gasteiger partial charge >= 0.3 is 10.2 Å². The minimum Gasteiger partial charge on any atom is -0.445 e. The Hall–Kier alpha value is -3.93. The Balaban J connectivity index is 1.26. The molecule has 0 unspecified atom stereocenters. The number of hydrogen-bond acceptors (Lipinski definition) is 5. The number of halogens is 5. The van der Waals surface area contributed by atoms with Crippen molar-refractivity contribution in [2.75, 3.05) is 5.32 Å². The molecule has 2 heterocycles. The second-order valence-corrected chi connectivity index (χ2v) is 10.3. The SMILES string of the molecule is FS(F)(F)(F)(F)c1ccc(/C=C/c2nc(CNc3ccc(/C=C/CCn4ccnn4)cc3)co2)cc1. The lowest BCUT2D eigenvalue weighted by Crippen LogP contribution is -2.05. The minimum absolute atomic E-state index is 0.231. The van der Waals surface area contributed by atoms with Crippen LogP contribution in [0.25, 0.3) is 18.2 Å². The summed E-state index contributed by atoms with van der Waals surface area (Å²) in [5.41, 5.74) is 2.86. The minimum atomic E-state index is -9.68. The number of rotatable bonds is 10. The van der Waals surface area contributed by atoms with E-state index in [0.717, 1.165) is 36.3 Å². The standard InChI is InChI=1S/C24H22F5N5OS/c25-36(26,27,28,29)23-11-6-20(7-12-23)8-13-24-32-22(18-35-24)17-30-21-9-4-19(5-10-21)3-1-2-15-34-16-14-31-33-34/h1,3-14,16,18,30H,2,15,17H2/b3-1+,13-8+. The molecule has 0 aliphatic rings. The Morgan fingerprint density at radius 1 is 0.889 bits per heavy atom. The molecule has 0 fully saturated rings. The Labute approximate surface area is 203 Å². The van der Waals surface area contributed by atoms with Crippen molar-refractivity contribution in [2.45, 2.75) is 24.4 Å². The zero-order chi connectivity index (χ0) is 25.7. The van der Waals surface area contributed by atoms with Crippen molar-refractivity contribution in [3.05, 3.63) is 96.0 Å². The molecule has 0 saturated heterocycles. The Morgan fingerprint density at radius 2 is 1.58 bits per heavy atom. The maximum atomic E-state index is 12.8. The highest BCUT2D eigenvalue weighted by Crippen LogP contribution is 3.02. The summed E-state index contributed by atoms with van der Waals surface area (Å²) in [7, 11) is -9.68. The summed E-state index contributed by atoms with van der Waals surface area (Å²) >= 11 is 0. The van der Waals surface area contributed by atoms with Crippen molar-refractivity contribution in [2.24, 2.45) is 0 Å². The summed E-state index contributed by atoms with van der Waals surface area (Å²) in [6.07, 6.45) is 12.7. The van der Waals surface area contributed by atoms with E-state index < -0.39 is 15.1 Å². The van der Waals surface area contributed by atoms with E-state index in [-0.39, 0.29) is 5.89 Å². The molecular formula is C24H22F5N5OS. The van der Waals surface area contributed by atoms with E-state index in [0.29, 0.717) is 29.9 Å². The van der Waals surface area contributed by atoms with Crippen molar-refractivity contribution in [3.63, 3.8) is 0 Å². The molecule has 0 aliphatic heterocycles. The van der Waals surface area contributed by atoms with Gasteiger partial charge in [-0.25, -0.2) is 4.98 Å². The topological polar surface area (TPSA) is 68.8 Å². The number of nitrogens with zero attached hydrogens (tertiary/aromatic N) is 4. The molecule has 2 aromatic heterocycles. The molecule has 0 amide bonds. The lowest BCUT2D eigenvalue weighted by Gasteiger charge is -2.40. The molecule has 0 bridgehead atoms. The van der Waals surface area contributed by atoms with Gasteiger partial charge in [0, 0.05) is 24.5 Å². The number of anilines is 1. The van der Waals surface area contributed by atoms with Crippen LogP contribution in [0.3, 0.4) is 0 Å². The molecule has 36 heavy (non-hydrogen) atoms. The van der Waals surface area contributed by atoms with Crippen molar-refractivity contribution >= 4 is 34.1 Å². The molecule has 2 aromatic carbocycles. The van der Waals surface area contributed by atoms with E-state index in [2.05, 4.69) is 26.7 Å². The van der Waals surface area contributed by atoms with Crippen LogP contribution >= 0.6 is 10.2 Å². The van der Waals surface area contributed by atoms with Gasteiger partial charge in [-0.1, -0.05) is 61.1 Å². The van der Waals surface area contributed by atoms with Gasteiger partial charge in [-0.3, -0.25) is 4.68 Å². The first kappa shape index (κ1) is 25.2. The largest absolute Gasteiger partial charge is 0.445 e. The molecule has 0 saturated carbocycles. The van der Waals surface area contributed by atoms with Crippen LogP contribution in [0, 0.1) is 0 Å². The summed E-state index contributed by atoms with van der Waals surface area (Å²) in [6.45, 7) is 1.15. The van der Waals surface area contributed by atoms with Gasteiger partial charge in [0.2, 0.25) is 5.89 Å². The zero-order valence-electron chi connectivity index (χ0n) is 18.8. The second kappa shape index (κ2) is 9.26. The van der Waals surface area contributed by atoms with E-state index >= 15 is 0 Å². The number of hydrogen-bond donors (Lipinski definition) is 1. The Morgan fingerprint density at radius 3 is 2.25 bits per heavy atom. The van der Waals surface area contributed by atoms with Gasteiger partial charge in [-0.05, 0) is 47.9 Å². The van der Waals surface area contributed by atoms with Crippen LogP contribution in [-0.4, -0.2) is 20.0 Å². The highest BCUT2D eigenvalue weighted by molar-refractivity contribution is 8.45. The summed E-state index contributed by atoms with van der Waals surface area (Å²) in [5, 5.41) is 10.9. The lowest BCUT2D eigenvalue weighted by molar-refractivity contribution is 0.364. The van der Waals surface area contributed by atoms with Gasteiger partial charge in [-0.15, -0.1) is 5.10 Å². The maximum absolute atomic E-state index is 12.8. The van der Waals surface area contributed by atoms with Crippen LogP contribution in [0.4, 0.5) is 25.1 Å². The molecule has 4 aromatic rings. The number of benzene rings is 2. The molecule has 1 N–H and O–H groups in total. The maximum Gasteiger partial charge on any atom is 0.310 e. The molecule has 190 valence electrons. The van der Waals surface area contributed by atoms with Crippen molar-refractivity contribution < 1.29 is 23.8 Å². The zero-order valence-corrected chi connectivity index (χ0v) is 19.6. The van der Waals surface area contributed by atoms with Crippen molar-refractivity contribution in [3.8, 4) is 0 Å². The van der Waals surface area contributed by atoms with E-state index in [1.165, 1.54) is 18.4 Å². The van der Waals surface area contributed by atoms with Gasteiger partial charge < -0.3 is 9.73 Å². The van der Waals surface area contributed by atoms with Crippen LogP contribution in [0.5, 0.6) is 0 Å². The molecule has 0 spiro atoms. The van der Waals surface area contributed by atoms with Crippen molar-refractivity contribution in [1.29, 1.82) is 0 Å². The van der Waals surface area contributed by atoms with E-state index in [4.69, 9.17) is 4.42 Å². The van der Waals surface area contributed by atoms with Crippen LogP contribution < -0.4 is 5.32 Å². The molecule has 4 rings (SSSR count). The molecular weight excluding hydrogens is 501 g/mol. The monoisotopic (exact) mass is 523 g/mol. The first-order valence-corrected chi connectivity index (χ1v) is 12.7. The predicted octanol–water partition coefficient (Wildman–Crippen LogP) is 7.81. The van der Waals surface area contributed by atoms with Crippen LogP contribution in [0.2, 0.25) is 0 Å². The smallest absolute Gasteiger partial charge is 0.310 e. The molecule has 0 aliphatic carbocycles. The van der Waals surface area contributed by atoms with Crippen LogP contribution in [0.1, 0.15) is 29.1 Å². The first-order chi connectivity index (χ1) is 16.9. The van der Waals surface area contributed by atoms with Gasteiger partial charge in [0.05, 0.1) is 18.4 Å². The fourth-order valence-electron chi connectivity index (χ4n) is 3.17.